The van der Waals surface area contributed by atoms with Crippen molar-refractivity contribution in [1.82, 2.24) is 36.5 Å². The van der Waals surface area contributed by atoms with Crippen molar-refractivity contribution in [3.63, 3.8) is 0 Å². The lowest BCUT2D eigenvalue weighted by Gasteiger charge is -2.30. The highest BCUT2D eigenvalue weighted by Gasteiger charge is 2.39. The molecule has 8 atom stereocenters. The van der Waals surface area contributed by atoms with Gasteiger partial charge in [-0.2, -0.15) is 0 Å². The largest absolute Gasteiger partial charge is 0.394 e. The van der Waals surface area contributed by atoms with Crippen LogP contribution in [0.25, 0.3) is 10.9 Å². The van der Waals surface area contributed by atoms with Gasteiger partial charge in [-0.05, 0) is 61.8 Å². The van der Waals surface area contributed by atoms with Crippen molar-refractivity contribution in [3.05, 3.63) is 71.9 Å². The number of fused-ring (bicyclic) bond motifs is 1. The molecule has 0 bridgehead atoms. The Morgan fingerprint density at radius 2 is 1.42 bits per heavy atom. The third-order valence-electron chi connectivity index (χ3n) is 11.4. The Morgan fingerprint density at radius 3 is 2.08 bits per heavy atom. The number of H-pyrrole nitrogens is 1. The summed E-state index contributed by atoms with van der Waals surface area (Å²) in [5.41, 5.74) is 24.6. The maximum Gasteiger partial charge on any atom is 0.243 e. The first-order chi connectivity index (χ1) is 30.6. The van der Waals surface area contributed by atoms with Crippen molar-refractivity contribution < 1.29 is 43.5 Å². The lowest BCUT2D eigenvalue weighted by Crippen LogP contribution is -2.61. The lowest BCUT2D eigenvalue weighted by atomic mass is 9.96. The number of para-hydroxylation sites is 1. The molecule has 3 aromatic rings. The number of unbranched alkanes of at least 4 members (excludes halogenated alkanes) is 1. The van der Waals surface area contributed by atoms with Crippen LogP contribution in [0.3, 0.4) is 0 Å². The molecule has 0 aliphatic carbocycles. The summed E-state index contributed by atoms with van der Waals surface area (Å²) in [6.45, 7) is 3.46. The first kappa shape index (κ1) is 50.3. The molecule has 4 rings (SSSR count). The van der Waals surface area contributed by atoms with Gasteiger partial charge in [0.2, 0.25) is 47.3 Å². The monoisotopic (exact) mass is 889 g/mol. The standard InChI is InChI=1S/C44H63N11O9/c1-3-25(2)37(43(63)53-33(21-27-23-49-30-15-8-7-14-28(27)30)39(59)50-31(38(48)58)16-9-10-18-45)54-41(61)32(20-26-12-5-4-6-13-26)51-40(60)34(22-36(47)57)52-42(62)35-17-11-19-55(35)44(64)29(46)24-56/h4-8,12-15,23,25,29,31-35,37,49,56H,3,9-11,16-22,24,45-46H2,1-2H3,(H2,47,57)(H2,48,58)(H,50,59)(H,51,60)(H,52,62)(H,53,63)(H,54,61)/t25-,29-,31-,32-,33-,34-,35-,37-/m0/s1. The van der Waals surface area contributed by atoms with Gasteiger partial charge in [0.1, 0.15) is 42.3 Å². The van der Waals surface area contributed by atoms with E-state index in [0.717, 1.165) is 10.9 Å². The Morgan fingerprint density at radius 1 is 0.797 bits per heavy atom. The molecule has 0 radical (unpaired) electrons. The fourth-order valence-corrected chi connectivity index (χ4v) is 7.60. The second-order valence-corrected chi connectivity index (χ2v) is 16.2. The number of nitrogens with one attached hydrogen (secondary N) is 6. The maximum absolute atomic E-state index is 14.4. The predicted octanol–water partition coefficient (Wildman–Crippen LogP) is -1.78. The molecule has 0 saturated carbocycles. The number of hydrogen-bond donors (Lipinski definition) is 11. The van der Waals surface area contributed by atoms with E-state index in [9.17, 15) is 43.5 Å². The average molecular weight is 890 g/mol. The number of primary amides is 2. The van der Waals surface area contributed by atoms with Crippen LogP contribution in [0.5, 0.6) is 0 Å². The average Bonchev–Trinajstić information content (AvgIpc) is 3.94. The second kappa shape index (κ2) is 24.5. The number of nitrogens with two attached hydrogens (primary N) is 4. The zero-order chi connectivity index (χ0) is 46.9. The third-order valence-corrected chi connectivity index (χ3v) is 11.4. The van der Waals surface area contributed by atoms with Crippen molar-refractivity contribution in [2.75, 3.05) is 19.7 Å². The normalized spacial score (nSPS) is 16.9. The molecule has 348 valence electrons. The van der Waals surface area contributed by atoms with Crippen LogP contribution < -0.4 is 49.5 Å². The van der Waals surface area contributed by atoms with E-state index in [1.54, 1.807) is 43.5 Å². The van der Waals surface area contributed by atoms with Crippen LogP contribution in [0.4, 0.5) is 0 Å². The summed E-state index contributed by atoms with van der Waals surface area (Å²) >= 11 is 0. The highest BCUT2D eigenvalue weighted by Crippen LogP contribution is 2.21. The zero-order valence-electron chi connectivity index (χ0n) is 36.3. The molecule has 0 unspecified atom stereocenters. The van der Waals surface area contributed by atoms with Crippen molar-refractivity contribution in [3.8, 4) is 0 Å². The Hall–Kier alpha value is -6.38. The van der Waals surface area contributed by atoms with E-state index >= 15 is 0 Å². The minimum absolute atomic E-state index is 0.00226. The lowest BCUT2D eigenvalue weighted by molar-refractivity contribution is -0.141. The number of aromatic amines is 1. The summed E-state index contributed by atoms with van der Waals surface area (Å²) in [4.78, 5) is 112. The summed E-state index contributed by atoms with van der Waals surface area (Å²) in [7, 11) is 0. The minimum Gasteiger partial charge on any atom is -0.394 e. The SMILES string of the molecule is CC[C@H](C)[C@H](NC(=O)[C@H](Cc1ccccc1)NC(=O)[C@H](CC(N)=O)NC(=O)[C@@H]1CCCN1C(=O)[C@@H](N)CO)C(=O)N[C@@H](Cc1c[nH]c2ccccc12)C(=O)N[C@@H](CCCCN)C(N)=O. The van der Waals surface area contributed by atoms with Crippen LogP contribution in [-0.2, 0) is 51.2 Å². The van der Waals surface area contributed by atoms with Crippen molar-refractivity contribution in [1.29, 1.82) is 0 Å². The van der Waals surface area contributed by atoms with Gasteiger partial charge in [-0.25, -0.2) is 0 Å². The summed E-state index contributed by atoms with van der Waals surface area (Å²) in [5.74, 6) is -6.77. The van der Waals surface area contributed by atoms with E-state index in [-0.39, 0.29) is 32.2 Å². The van der Waals surface area contributed by atoms with Gasteiger partial charge in [0.05, 0.1) is 13.0 Å². The van der Waals surface area contributed by atoms with E-state index in [4.69, 9.17) is 22.9 Å². The number of amides is 8. The van der Waals surface area contributed by atoms with Crippen molar-refractivity contribution in [2.24, 2.45) is 28.9 Å². The summed E-state index contributed by atoms with van der Waals surface area (Å²) in [5, 5.41) is 23.6. The van der Waals surface area contributed by atoms with Gasteiger partial charge < -0.3 is 64.5 Å². The predicted molar refractivity (Wildman–Crippen MR) is 237 cm³/mol. The molecule has 0 spiro atoms. The van der Waals surface area contributed by atoms with E-state index < -0.39 is 108 Å². The van der Waals surface area contributed by atoms with E-state index in [2.05, 4.69) is 31.6 Å². The fraction of sp³-hybridized carbons (Fsp3) is 0.500. The van der Waals surface area contributed by atoms with Gasteiger partial charge in [0.15, 0.2) is 0 Å². The molecule has 8 amide bonds. The van der Waals surface area contributed by atoms with Gasteiger partial charge in [-0.3, -0.25) is 38.4 Å². The number of benzene rings is 2. The van der Waals surface area contributed by atoms with Gasteiger partial charge in [0.25, 0.3) is 0 Å². The molecular formula is C44H63N11O9. The number of aliphatic hydroxyl groups excluding tert-OH is 1. The number of carbonyl (C=O) groups excluding carboxylic acids is 8. The van der Waals surface area contributed by atoms with E-state index in [1.807, 2.05) is 31.2 Å². The van der Waals surface area contributed by atoms with Crippen molar-refractivity contribution in [2.45, 2.75) is 114 Å². The highest BCUT2D eigenvalue weighted by atomic mass is 16.3. The Bertz CT molecular complexity index is 2100. The first-order valence-electron chi connectivity index (χ1n) is 21.6. The molecule has 1 aromatic heterocycles. The number of hydrogen-bond acceptors (Lipinski definition) is 11. The number of aromatic nitrogens is 1. The number of rotatable bonds is 25. The van der Waals surface area contributed by atoms with Crippen LogP contribution in [0, 0.1) is 5.92 Å². The number of aliphatic hydroxyl groups is 1. The number of carbonyl (C=O) groups is 8. The van der Waals surface area contributed by atoms with Gasteiger partial charge >= 0.3 is 0 Å². The van der Waals surface area contributed by atoms with Crippen LogP contribution in [0.15, 0.2) is 60.8 Å². The van der Waals surface area contributed by atoms with Gasteiger partial charge in [0, 0.05) is 36.5 Å². The zero-order valence-corrected chi connectivity index (χ0v) is 36.3. The molecule has 1 fully saturated rings. The van der Waals surface area contributed by atoms with E-state index in [1.165, 1.54) is 4.90 Å². The molecular weight excluding hydrogens is 827 g/mol. The molecule has 2 heterocycles. The fourth-order valence-electron chi connectivity index (χ4n) is 7.60. The topological polar surface area (TPSA) is 340 Å². The molecule has 20 heteroatoms. The van der Waals surface area contributed by atoms with Gasteiger partial charge in [-0.15, -0.1) is 0 Å². The Kier molecular flexibility index (Phi) is 19.2. The molecule has 64 heavy (non-hydrogen) atoms. The highest BCUT2D eigenvalue weighted by molar-refractivity contribution is 5.99. The number of likely N-dealkylation sites (tertiary alicyclic amines) is 1. The third kappa shape index (κ3) is 14.1. The van der Waals surface area contributed by atoms with Crippen LogP contribution in [0.2, 0.25) is 0 Å². The molecule has 20 nitrogen and oxygen atoms in total. The molecule has 1 aliphatic rings. The molecule has 15 N–H and O–H groups in total. The Labute approximate surface area is 371 Å². The maximum atomic E-state index is 14.4. The van der Waals surface area contributed by atoms with Gasteiger partial charge in [-0.1, -0.05) is 68.8 Å². The van der Waals surface area contributed by atoms with Crippen LogP contribution in [0.1, 0.15) is 69.9 Å². The molecule has 2 aromatic carbocycles. The number of nitrogens with zero attached hydrogens (tertiary/aromatic N) is 1. The minimum atomic E-state index is -1.57. The summed E-state index contributed by atoms with van der Waals surface area (Å²) in [6.07, 6.45) is 3.39. The molecule has 1 saturated heterocycles. The van der Waals surface area contributed by atoms with Crippen LogP contribution in [-0.4, -0.2) is 124 Å². The van der Waals surface area contributed by atoms with Crippen molar-refractivity contribution >= 4 is 58.2 Å². The summed E-state index contributed by atoms with van der Waals surface area (Å²) in [6, 6.07) is 7.28. The quantitative estimate of drug-likeness (QED) is 0.0423. The second-order valence-electron chi connectivity index (χ2n) is 16.2. The first-order valence-corrected chi connectivity index (χ1v) is 21.6. The molecule has 1 aliphatic heterocycles. The van der Waals surface area contributed by atoms with E-state index in [0.29, 0.717) is 43.4 Å². The summed E-state index contributed by atoms with van der Waals surface area (Å²) < 4.78 is 0. The van der Waals surface area contributed by atoms with Crippen LogP contribution >= 0.6 is 0 Å². The Balaban J connectivity index is 1.60. The smallest absolute Gasteiger partial charge is 0.243 e.